The van der Waals surface area contributed by atoms with Gasteiger partial charge in [-0.05, 0) is 37.5 Å². The zero-order chi connectivity index (χ0) is 14.7. The number of nitrogens with one attached hydrogen (secondary N) is 1. The lowest BCUT2D eigenvalue weighted by molar-refractivity contribution is -0.153. The van der Waals surface area contributed by atoms with Crippen LogP contribution in [-0.4, -0.2) is 35.2 Å². The Hall–Kier alpha value is -1.10. The number of aliphatic hydroxyl groups excluding tert-OH is 1. The average Bonchev–Trinajstić information content (AvgIpc) is 3.07. The van der Waals surface area contributed by atoms with Crippen molar-refractivity contribution in [3.05, 3.63) is 0 Å². The normalized spacial score (nSPS) is 19.8. The third-order valence-corrected chi connectivity index (χ3v) is 4.55. The van der Waals surface area contributed by atoms with E-state index in [0.29, 0.717) is 13.0 Å². The van der Waals surface area contributed by atoms with E-state index in [4.69, 9.17) is 5.11 Å². The van der Waals surface area contributed by atoms with Gasteiger partial charge in [0.1, 0.15) is 0 Å². The molecule has 0 aliphatic heterocycles. The summed E-state index contributed by atoms with van der Waals surface area (Å²) in [4.78, 5) is 23.2. The van der Waals surface area contributed by atoms with Crippen LogP contribution in [0.15, 0.2) is 0 Å². The number of rotatable bonds is 8. The highest BCUT2D eigenvalue weighted by Gasteiger charge is 2.43. The first kappa shape index (κ1) is 16.0. The Balaban J connectivity index is 2.48. The Morgan fingerprint density at radius 1 is 1.37 bits per heavy atom. The summed E-state index contributed by atoms with van der Waals surface area (Å²) >= 11 is 0. The molecule has 0 spiro atoms. The monoisotopic (exact) mass is 271 g/mol. The van der Waals surface area contributed by atoms with Gasteiger partial charge in [-0.15, -0.1) is 0 Å². The number of aliphatic carboxylic acids is 1. The molecule has 1 saturated carbocycles. The molecule has 0 saturated heterocycles. The molecule has 1 aliphatic carbocycles. The summed E-state index contributed by atoms with van der Waals surface area (Å²) in [5, 5.41) is 21.0. The minimum Gasteiger partial charge on any atom is -0.481 e. The highest BCUT2D eigenvalue weighted by molar-refractivity contribution is 5.84. The van der Waals surface area contributed by atoms with Crippen molar-refractivity contribution in [2.24, 2.45) is 16.7 Å². The molecule has 1 rings (SSSR count). The molecule has 3 N–H and O–H groups in total. The molecule has 5 heteroatoms. The molecule has 1 amide bonds. The Kier molecular flexibility index (Phi) is 4.96. The van der Waals surface area contributed by atoms with Crippen LogP contribution in [0, 0.1) is 16.7 Å². The molecule has 110 valence electrons. The van der Waals surface area contributed by atoms with Crippen molar-refractivity contribution in [3.63, 3.8) is 0 Å². The average molecular weight is 271 g/mol. The summed E-state index contributed by atoms with van der Waals surface area (Å²) in [6.07, 6.45) is 2.74. The molecule has 1 fully saturated rings. The highest BCUT2D eigenvalue weighted by Crippen LogP contribution is 2.48. The van der Waals surface area contributed by atoms with E-state index in [1.54, 1.807) is 6.92 Å². The van der Waals surface area contributed by atoms with Crippen molar-refractivity contribution < 1.29 is 19.8 Å². The van der Waals surface area contributed by atoms with Gasteiger partial charge in [0.2, 0.25) is 5.91 Å². The van der Waals surface area contributed by atoms with Crippen molar-refractivity contribution in [2.75, 3.05) is 13.2 Å². The summed E-state index contributed by atoms with van der Waals surface area (Å²) < 4.78 is 0. The fourth-order valence-corrected chi connectivity index (χ4v) is 2.14. The third kappa shape index (κ3) is 3.93. The maximum absolute atomic E-state index is 11.9. The fourth-order valence-electron chi connectivity index (χ4n) is 2.14. The van der Waals surface area contributed by atoms with Gasteiger partial charge < -0.3 is 15.5 Å². The zero-order valence-electron chi connectivity index (χ0n) is 12.0. The van der Waals surface area contributed by atoms with Crippen LogP contribution in [0.4, 0.5) is 0 Å². The third-order valence-electron chi connectivity index (χ3n) is 4.55. The van der Waals surface area contributed by atoms with Gasteiger partial charge >= 0.3 is 5.97 Å². The Morgan fingerprint density at radius 2 is 1.95 bits per heavy atom. The standard InChI is InChI=1S/C14H25NO4/c1-10(2)13(3,12(18)19)8-11(17)15-9-14(4-5-14)6-7-16/h10,16H,4-9H2,1-3H3,(H,15,17)(H,18,19). The smallest absolute Gasteiger partial charge is 0.310 e. The summed E-state index contributed by atoms with van der Waals surface area (Å²) in [7, 11) is 0. The van der Waals surface area contributed by atoms with Crippen LogP contribution < -0.4 is 5.32 Å². The molecule has 0 aromatic carbocycles. The number of amides is 1. The first-order valence-corrected chi connectivity index (χ1v) is 6.87. The molecule has 1 unspecified atom stereocenters. The van der Waals surface area contributed by atoms with Gasteiger partial charge in [-0.3, -0.25) is 9.59 Å². The lowest BCUT2D eigenvalue weighted by Crippen LogP contribution is -2.40. The minimum absolute atomic E-state index is 0.00476. The minimum atomic E-state index is -1.03. The number of carbonyl (C=O) groups is 2. The van der Waals surface area contributed by atoms with Crippen molar-refractivity contribution in [1.29, 1.82) is 0 Å². The van der Waals surface area contributed by atoms with Crippen LogP contribution in [-0.2, 0) is 9.59 Å². The van der Waals surface area contributed by atoms with Crippen molar-refractivity contribution in [2.45, 2.75) is 46.5 Å². The van der Waals surface area contributed by atoms with Crippen LogP contribution in [0.3, 0.4) is 0 Å². The van der Waals surface area contributed by atoms with Gasteiger partial charge in [0.05, 0.1) is 5.41 Å². The van der Waals surface area contributed by atoms with Crippen LogP contribution in [0.25, 0.3) is 0 Å². The second kappa shape index (κ2) is 5.90. The van der Waals surface area contributed by atoms with E-state index in [1.165, 1.54) is 0 Å². The quantitative estimate of drug-likeness (QED) is 0.623. The van der Waals surface area contributed by atoms with E-state index >= 15 is 0 Å². The van der Waals surface area contributed by atoms with Gasteiger partial charge in [-0.1, -0.05) is 13.8 Å². The molecule has 1 aliphatic rings. The molecule has 0 bridgehead atoms. The van der Waals surface area contributed by atoms with E-state index in [1.807, 2.05) is 13.8 Å². The van der Waals surface area contributed by atoms with Gasteiger partial charge in [-0.25, -0.2) is 0 Å². The number of aliphatic hydroxyl groups is 1. The number of hydrogen-bond acceptors (Lipinski definition) is 3. The van der Waals surface area contributed by atoms with Crippen LogP contribution in [0.1, 0.15) is 46.5 Å². The van der Waals surface area contributed by atoms with Crippen LogP contribution in [0.2, 0.25) is 0 Å². The lowest BCUT2D eigenvalue weighted by Gasteiger charge is -2.28. The van der Waals surface area contributed by atoms with Crippen LogP contribution >= 0.6 is 0 Å². The molecule has 0 heterocycles. The second-order valence-electron chi connectivity index (χ2n) is 6.30. The molecule has 5 nitrogen and oxygen atoms in total. The predicted octanol–water partition coefficient (Wildman–Crippen LogP) is 1.40. The maximum atomic E-state index is 11.9. The molecule has 0 radical (unpaired) electrons. The van der Waals surface area contributed by atoms with Gasteiger partial charge in [0.25, 0.3) is 0 Å². The van der Waals surface area contributed by atoms with Gasteiger partial charge in [0.15, 0.2) is 0 Å². The summed E-state index contributed by atoms with van der Waals surface area (Å²) in [5.74, 6) is -1.26. The van der Waals surface area contributed by atoms with Gasteiger partial charge in [-0.2, -0.15) is 0 Å². The predicted molar refractivity (Wildman–Crippen MR) is 71.6 cm³/mol. The zero-order valence-corrected chi connectivity index (χ0v) is 12.0. The molecule has 1 atom stereocenters. The first-order valence-electron chi connectivity index (χ1n) is 6.87. The molecule has 0 aromatic rings. The van der Waals surface area contributed by atoms with E-state index in [2.05, 4.69) is 5.32 Å². The fraction of sp³-hybridized carbons (Fsp3) is 0.857. The number of carboxylic acids is 1. The SMILES string of the molecule is CC(C)C(C)(CC(=O)NCC1(CCO)CC1)C(=O)O. The largest absolute Gasteiger partial charge is 0.481 e. The van der Waals surface area contributed by atoms with E-state index in [0.717, 1.165) is 12.8 Å². The topological polar surface area (TPSA) is 86.6 Å². The van der Waals surface area contributed by atoms with Crippen molar-refractivity contribution >= 4 is 11.9 Å². The van der Waals surface area contributed by atoms with E-state index in [9.17, 15) is 14.7 Å². The first-order chi connectivity index (χ1) is 8.76. The van der Waals surface area contributed by atoms with Crippen molar-refractivity contribution in [1.82, 2.24) is 5.32 Å². The molecular formula is C14H25NO4. The maximum Gasteiger partial charge on any atom is 0.310 e. The highest BCUT2D eigenvalue weighted by atomic mass is 16.4. The van der Waals surface area contributed by atoms with Crippen molar-refractivity contribution in [3.8, 4) is 0 Å². The lowest BCUT2D eigenvalue weighted by atomic mass is 9.76. The second-order valence-corrected chi connectivity index (χ2v) is 6.30. The van der Waals surface area contributed by atoms with Gasteiger partial charge in [0, 0.05) is 19.6 Å². The number of carbonyl (C=O) groups excluding carboxylic acids is 1. The Morgan fingerprint density at radius 3 is 2.32 bits per heavy atom. The summed E-state index contributed by atoms with van der Waals surface area (Å²) in [6, 6.07) is 0. The number of carboxylic acid groups (broad SMARTS) is 1. The van der Waals surface area contributed by atoms with Crippen LogP contribution in [0.5, 0.6) is 0 Å². The Bertz CT molecular complexity index is 349. The van der Waals surface area contributed by atoms with E-state index in [-0.39, 0.29) is 30.3 Å². The Labute approximate surface area is 114 Å². The summed E-state index contributed by atoms with van der Waals surface area (Å²) in [5.41, 5.74) is -0.973. The number of hydrogen-bond donors (Lipinski definition) is 3. The molecule has 19 heavy (non-hydrogen) atoms. The summed E-state index contributed by atoms with van der Waals surface area (Å²) in [6.45, 7) is 5.92. The molecule has 0 aromatic heterocycles. The van der Waals surface area contributed by atoms with E-state index < -0.39 is 11.4 Å². The molecular weight excluding hydrogens is 246 g/mol.